The van der Waals surface area contributed by atoms with Crippen LogP contribution in [0.3, 0.4) is 0 Å². The zero-order valence-corrected chi connectivity index (χ0v) is 11.1. The number of piperidine rings is 1. The highest BCUT2D eigenvalue weighted by molar-refractivity contribution is 5.85. The van der Waals surface area contributed by atoms with E-state index < -0.39 is 0 Å². The Hall–Kier alpha value is -1.10. The van der Waals surface area contributed by atoms with Crippen LogP contribution in [-0.4, -0.2) is 37.5 Å². The van der Waals surface area contributed by atoms with Crippen molar-refractivity contribution in [3.05, 3.63) is 0 Å². The molecule has 2 rings (SSSR count). The molecule has 0 aliphatic carbocycles. The van der Waals surface area contributed by atoms with Crippen LogP contribution >= 0.6 is 0 Å². The maximum atomic E-state index is 12.5. The Morgan fingerprint density at radius 3 is 2.94 bits per heavy atom. The molecule has 2 saturated heterocycles. The third kappa shape index (κ3) is 2.83. The van der Waals surface area contributed by atoms with Crippen molar-refractivity contribution in [2.24, 2.45) is 5.41 Å². The molecule has 2 atom stereocenters. The summed E-state index contributed by atoms with van der Waals surface area (Å²) in [6, 6.07) is -0.0272. The van der Waals surface area contributed by atoms with Crippen molar-refractivity contribution in [2.45, 2.75) is 45.1 Å². The average Bonchev–Trinajstić information content (AvgIpc) is 2.76. The molecular formula is C13H23N3O2. The highest BCUT2D eigenvalue weighted by atomic mass is 16.2. The summed E-state index contributed by atoms with van der Waals surface area (Å²) in [6.45, 7) is 4.45. The van der Waals surface area contributed by atoms with E-state index in [9.17, 15) is 9.59 Å². The van der Waals surface area contributed by atoms with Gasteiger partial charge in [0, 0.05) is 19.5 Å². The lowest BCUT2D eigenvalue weighted by Gasteiger charge is -2.37. The lowest BCUT2D eigenvalue weighted by molar-refractivity contribution is -0.133. The largest absolute Gasteiger partial charge is 0.354 e. The van der Waals surface area contributed by atoms with Gasteiger partial charge in [0.05, 0.1) is 11.5 Å². The summed E-state index contributed by atoms with van der Waals surface area (Å²) < 4.78 is 0. The van der Waals surface area contributed by atoms with Gasteiger partial charge in [-0.2, -0.15) is 0 Å². The second kappa shape index (κ2) is 5.69. The van der Waals surface area contributed by atoms with Crippen LogP contribution in [0.2, 0.25) is 0 Å². The molecule has 102 valence electrons. The summed E-state index contributed by atoms with van der Waals surface area (Å²) in [5, 5.41) is 9.13. The SMILES string of the molecule is CCCC1(C(=O)NC2CNC(=O)C2)CCCNC1. The quantitative estimate of drug-likeness (QED) is 0.668. The highest BCUT2D eigenvalue weighted by Gasteiger charge is 2.40. The minimum absolute atomic E-state index is 0.0272. The topological polar surface area (TPSA) is 70.2 Å². The second-order valence-electron chi connectivity index (χ2n) is 5.49. The van der Waals surface area contributed by atoms with Crippen molar-refractivity contribution in [1.29, 1.82) is 0 Å². The fourth-order valence-corrected chi connectivity index (χ4v) is 3.01. The van der Waals surface area contributed by atoms with Crippen LogP contribution in [0.1, 0.15) is 39.0 Å². The fraction of sp³-hybridized carbons (Fsp3) is 0.846. The van der Waals surface area contributed by atoms with E-state index in [1.807, 2.05) is 0 Å². The van der Waals surface area contributed by atoms with E-state index in [1.54, 1.807) is 0 Å². The Bertz CT molecular complexity index is 319. The van der Waals surface area contributed by atoms with Gasteiger partial charge in [-0.3, -0.25) is 9.59 Å². The average molecular weight is 253 g/mol. The molecular weight excluding hydrogens is 230 g/mol. The standard InChI is InChI=1S/C13H23N3O2/c1-2-4-13(5-3-6-14-9-13)12(18)16-10-7-11(17)15-8-10/h10,14H,2-9H2,1H3,(H,15,17)(H,16,18). The maximum absolute atomic E-state index is 12.5. The van der Waals surface area contributed by atoms with Gasteiger partial charge >= 0.3 is 0 Å². The van der Waals surface area contributed by atoms with Gasteiger partial charge in [0.15, 0.2) is 0 Å². The first-order valence-corrected chi connectivity index (χ1v) is 6.95. The van der Waals surface area contributed by atoms with Gasteiger partial charge in [0.25, 0.3) is 0 Å². The Kier molecular flexibility index (Phi) is 4.22. The molecule has 0 saturated carbocycles. The van der Waals surface area contributed by atoms with E-state index in [-0.39, 0.29) is 23.3 Å². The lowest BCUT2D eigenvalue weighted by Crippen LogP contribution is -2.53. The molecule has 2 unspecified atom stereocenters. The molecule has 5 heteroatoms. The van der Waals surface area contributed by atoms with E-state index in [4.69, 9.17) is 0 Å². The Balaban J connectivity index is 1.97. The van der Waals surface area contributed by atoms with Crippen molar-refractivity contribution in [2.75, 3.05) is 19.6 Å². The Labute approximate surface area is 108 Å². The summed E-state index contributed by atoms with van der Waals surface area (Å²) in [7, 11) is 0. The number of hydrogen-bond acceptors (Lipinski definition) is 3. The minimum Gasteiger partial charge on any atom is -0.354 e. The summed E-state index contributed by atoms with van der Waals surface area (Å²) >= 11 is 0. The first-order valence-electron chi connectivity index (χ1n) is 6.95. The molecule has 0 radical (unpaired) electrons. The molecule has 3 N–H and O–H groups in total. The van der Waals surface area contributed by atoms with E-state index in [2.05, 4.69) is 22.9 Å². The summed E-state index contributed by atoms with van der Waals surface area (Å²) in [6.07, 6.45) is 4.35. The van der Waals surface area contributed by atoms with Gasteiger partial charge in [-0.15, -0.1) is 0 Å². The number of carbonyl (C=O) groups is 2. The highest BCUT2D eigenvalue weighted by Crippen LogP contribution is 2.32. The van der Waals surface area contributed by atoms with Crippen molar-refractivity contribution in [3.63, 3.8) is 0 Å². The van der Waals surface area contributed by atoms with Crippen LogP contribution in [-0.2, 0) is 9.59 Å². The molecule has 2 fully saturated rings. The van der Waals surface area contributed by atoms with Crippen molar-refractivity contribution in [3.8, 4) is 0 Å². The molecule has 0 aromatic heterocycles. The molecule has 2 amide bonds. The molecule has 0 aromatic rings. The molecule has 0 spiro atoms. The summed E-state index contributed by atoms with van der Waals surface area (Å²) in [4.78, 5) is 23.6. The van der Waals surface area contributed by atoms with Crippen LogP contribution in [0.25, 0.3) is 0 Å². The molecule has 0 bridgehead atoms. The number of nitrogens with one attached hydrogen (secondary N) is 3. The molecule has 0 aromatic carbocycles. The van der Waals surface area contributed by atoms with Crippen LogP contribution in [0.15, 0.2) is 0 Å². The minimum atomic E-state index is -0.265. The zero-order valence-electron chi connectivity index (χ0n) is 11.1. The third-order valence-electron chi connectivity index (χ3n) is 4.00. The number of amides is 2. The predicted octanol–water partition coefficient (Wildman–Crippen LogP) is 0.161. The number of hydrogen-bond donors (Lipinski definition) is 3. The van der Waals surface area contributed by atoms with Crippen molar-refractivity contribution in [1.82, 2.24) is 16.0 Å². The zero-order chi connectivity index (χ0) is 13.0. The summed E-state index contributed by atoms with van der Waals surface area (Å²) in [5.74, 6) is 0.157. The normalized spacial score (nSPS) is 32.1. The molecule has 18 heavy (non-hydrogen) atoms. The summed E-state index contributed by atoms with van der Waals surface area (Å²) in [5.41, 5.74) is -0.265. The van der Waals surface area contributed by atoms with E-state index >= 15 is 0 Å². The number of carbonyl (C=O) groups excluding carboxylic acids is 2. The van der Waals surface area contributed by atoms with Gasteiger partial charge in [-0.05, 0) is 25.8 Å². The van der Waals surface area contributed by atoms with Crippen molar-refractivity contribution < 1.29 is 9.59 Å². The first kappa shape index (κ1) is 13.3. The van der Waals surface area contributed by atoms with Gasteiger partial charge in [0.1, 0.15) is 0 Å². The van der Waals surface area contributed by atoms with Gasteiger partial charge in [0.2, 0.25) is 11.8 Å². The van der Waals surface area contributed by atoms with E-state index in [0.29, 0.717) is 13.0 Å². The van der Waals surface area contributed by atoms with Gasteiger partial charge in [-0.25, -0.2) is 0 Å². The molecule has 2 aliphatic heterocycles. The molecule has 5 nitrogen and oxygen atoms in total. The second-order valence-corrected chi connectivity index (χ2v) is 5.49. The molecule has 2 heterocycles. The lowest BCUT2D eigenvalue weighted by atomic mass is 9.76. The monoisotopic (exact) mass is 253 g/mol. The Morgan fingerprint density at radius 1 is 1.56 bits per heavy atom. The van der Waals surface area contributed by atoms with Crippen LogP contribution in [0.5, 0.6) is 0 Å². The van der Waals surface area contributed by atoms with E-state index in [0.717, 1.165) is 38.8 Å². The number of rotatable bonds is 4. The Morgan fingerprint density at radius 2 is 2.39 bits per heavy atom. The van der Waals surface area contributed by atoms with E-state index in [1.165, 1.54) is 0 Å². The van der Waals surface area contributed by atoms with Crippen LogP contribution in [0.4, 0.5) is 0 Å². The first-order chi connectivity index (χ1) is 8.66. The smallest absolute Gasteiger partial charge is 0.227 e. The van der Waals surface area contributed by atoms with Gasteiger partial charge in [-0.1, -0.05) is 13.3 Å². The van der Waals surface area contributed by atoms with Crippen molar-refractivity contribution >= 4 is 11.8 Å². The predicted molar refractivity (Wildman–Crippen MR) is 69.0 cm³/mol. The third-order valence-corrected chi connectivity index (χ3v) is 4.00. The van der Waals surface area contributed by atoms with Crippen LogP contribution in [0, 0.1) is 5.41 Å². The fourth-order valence-electron chi connectivity index (χ4n) is 3.01. The van der Waals surface area contributed by atoms with Gasteiger partial charge < -0.3 is 16.0 Å². The molecule has 2 aliphatic rings. The maximum Gasteiger partial charge on any atom is 0.227 e. The van der Waals surface area contributed by atoms with Crippen LogP contribution < -0.4 is 16.0 Å².